The number of halogens is 3. The van der Waals surface area contributed by atoms with E-state index in [2.05, 4.69) is 31.7 Å². The van der Waals surface area contributed by atoms with Gasteiger partial charge in [-0.15, -0.1) is 0 Å². The number of carbonyl (C=O) groups excluding carboxylic acids is 1. The van der Waals surface area contributed by atoms with Crippen molar-refractivity contribution in [1.29, 1.82) is 0 Å². The minimum Gasteiger partial charge on any atom is -0.431 e. The number of nitrogens with one attached hydrogen (secondary N) is 1. The number of aromatic nitrogens is 3. The molecule has 7 nitrogen and oxygen atoms in total. The Balaban J connectivity index is 1.57. The van der Waals surface area contributed by atoms with Gasteiger partial charge in [-0.1, -0.05) is 11.5 Å². The molecule has 0 saturated heterocycles. The number of alkyl halides is 3. The van der Waals surface area contributed by atoms with Gasteiger partial charge in [0, 0.05) is 24.7 Å². The zero-order chi connectivity index (χ0) is 20.6. The molecule has 0 spiro atoms. The summed E-state index contributed by atoms with van der Waals surface area (Å²) in [6.07, 6.45) is 4.14. The molecule has 0 aliphatic heterocycles. The molecule has 1 fully saturated rings. The summed E-state index contributed by atoms with van der Waals surface area (Å²) in [7, 11) is 1.86. The summed E-state index contributed by atoms with van der Waals surface area (Å²) in [5.41, 5.74) is 4.72. The largest absolute Gasteiger partial charge is 0.452 e. The van der Waals surface area contributed by atoms with Gasteiger partial charge in [-0.05, 0) is 25.0 Å². The van der Waals surface area contributed by atoms with Crippen LogP contribution in [0.1, 0.15) is 35.0 Å². The van der Waals surface area contributed by atoms with E-state index < -0.39 is 23.5 Å². The van der Waals surface area contributed by atoms with E-state index in [9.17, 15) is 18.0 Å². The molecular weight excluding hydrogens is 387 g/mol. The molecule has 2 aliphatic carbocycles. The van der Waals surface area contributed by atoms with Crippen LogP contribution in [-0.4, -0.2) is 33.9 Å². The second-order valence-corrected chi connectivity index (χ2v) is 6.48. The first kappa shape index (κ1) is 18.7. The number of carbonyl (C=O) groups is 1. The molecular formula is C19H14F3N5O2. The van der Waals surface area contributed by atoms with Gasteiger partial charge in [-0.2, -0.15) is 13.2 Å². The molecule has 2 aromatic rings. The second kappa shape index (κ2) is 7.09. The molecule has 1 N–H and O–H groups in total. The highest BCUT2D eigenvalue weighted by molar-refractivity contribution is 6.03. The SMILES string of the molecule is CN(c1ncc(NC(=O)c2nc(C3=CC=C=C=C3)oc2C(F)(F)F)cn1)C1CC1. The van der Waals surface area contributed by atoms with E-state index in [-0.39, 0.29) is 17.2 Å². The maximum Gasteiger partial charge on any atom is 0.452 e. The predicted molar refractivity (Wildman–Crippen MR) is 97.1 cm³/mol. The van der Waals surface area contributed by atoms with Crippen molar-refractivity contribution in [3.63, 3.8) is 0 Å². The number of amides is 1. The van der Waals surface area contributed by atoms with Crippen molar-refractivity contribution in [2.75, 3.05) is 17.3 Å². The topological polar surface area (TPSA) is 84.2 Å². The van der Waals surface area contributed by atoms with Crippen LogP contribution < -0.4 is 10.2 Å². The number of rotatable bonds is 5. The fourth-order valence-corrected chi connectivity index (χ4v) is 2.65. The Labute approximate surface area is 163 Å². The molecule has 0 aromatic carbocycles. The minimum atomic E-state index is -4.89. The Kier molecular flexibility index (Phi) is 4.58. The molecule has 0 unspecified atom stereocenters. The van der Waals surface area contributed by atoms with Gasteiger partial charge in [0.05, 0.1) is 18.1 Å². The highest BCUT2D eigenvalue weighted by Gasteiger charge is 2.42. The van der Waals surface area contributed by atoms with E-state index in [4.69, 9.17) is 4.42 Å². The molecule has 2 aliphatic rings. The van der Waals surface area contributed by atoms with Gasteiger partial charge >= 0.3 is 6.18 Å². The second-order valence-electron chi connectivity index (χ2n) is 6.48. The minimum absolute atomic E-state index is 0.142. The molecule has 4 rings (SSSR count). The van der Waals surface area contributed by atoms with Gasteiger partial charge in [0.1, 0.15) is 0 Å². The molecule has 1 saturated carbocycles. The maximum atomic E-state index is 13.3. The van der Waals surface area contributed by atoms with Gasteiger partial charge < -0.3 is 14.6 Å². The molecule has 0 atom stereocenters. The molecule has 0 radical (unpaired) electrons. The lowest BCUT2D eigenvalue weighted by atomic mass is 10.2. The van der Waals surface area contributed by atoms with Crippen LogP contribution in [0.3, 0.4) is 0 Å². The summed E-state index contributed by atoms with van der Waals surface area (Å²) in [6.45, 7) is 0. The molecule has 2 heterocycles. The van der Waals surface area contributed by atoms with Crippen molar-refractivity contribution < 1.29 is 22.4 Å². The van der Waals surface area contributed by atoms with Crippen LogP contribution in [0.2, 0.25) is 0 Å². The zero-order valence-electron chi connectivity index (χ0n) is 15.1. The lowest BCUT2D eigenvalue weighted by Crippen LogP contribution is -2.22. The number of oxazole rings is 1. The van der Waals surface area contributed by atoms with Crippen molar-refractivity contribution in [3.05, 3.63) is 59.4 Å². The van der Waals surface area contributed by atoms with Gasteiger partial charge in [-0.25, -0.2) is 15.0 Å². The third-order valence-electron chi connectivity index (χ3n) is 4.31. The van der Waals surface area contributed by atoms with Crippen LogP contribution in [0.5, 0.6) is 0 Å². The first-order valence-corrected chi connectivity index (χ1v) is 8.65. The molecule has 2 aromatic heterocycles. The number of nitrogens with zero attached hydrogens (tertiary/aromatic N) is 4. The number of anilines is 2. The standard InChI is InChI=1S/C19H14F3N5O2/c1-27(13-7-8-13)18-23-9-12(10-24-18)25-16(28)14-15(19(20,21)22)29-17(26-14)11-5-3-2-4-6-11/h3,5-6,9-10,13H,7-8H2,1H3,(H,25,28). The first-order valence-electron chi connectivity index (χ1n) is 8.65. The molecule has 148 valence electrons. The summed E-state index contributed by atoms with van der Waals surface area (Å²) in [5.74, 6) is -2.43. The van der Waals surface area contributed by atoms with Crippen LogP contribution in [-0.2, 0) is 6.18 Å². The quantitative estimate of drug-likeness (QED) is 0.771. The van der Waals surface area contributed by atoms with Gasteiger partial charge in [0.2, 0.25) is 17.6 Å². The average Bonchev–Trinajstić information content (AvgIpc) is 3.45. The van der Waals surface area contributed by atoms with E-state index >= 15 is 0 Å². The number of hydrogen-bond acceptors (Lipinski definition) is 6. The van der Waals surface area contributed by atoms with Crippen molar-refractivity contribution >= 4 is 23.1 Å². The summed E-state index contributed by atoms with van der Waals surface area (Å²) in [5, 5.41) is 2.33. The monoisotopic (exact) mass is 401 g/mol. The Morgan fingerprint density at radius 3 is 2.59 bits per heavy atom. The normalized spacial score (nSPS) is 15.4. The Bertz CT molecular complexity index is 1080. The summed E-state index contributed by atoms with van der Waals surface area (Å²) in [4.78, 5) is 26.4. The number of allylic oxidation sites excluding steroid dienone is 4. The number of hydrogen-bond donors (Lipinski definition) is 1. The Hall–Kier alpha value is -3.61. The fourth-order valence-electron chi connectivity index (χ4n) is 2.65. The van der Waals surface area contributed by atoms with E-state index in [1.807, 2.05) is 11.9 Å². The van der Waals surface area contributed by atoms with Gasteiger partial charge in [-0.3, -0.25) is 4.79 Å². The van der Waals surface area contributed by atoms with Crippen molar-refractivity contribution in [1.82, 2.24) is 15.0 Å². The predicted octanol–water partition coefficient (Wildman–Crippen LogP) is 3.60. The molecule has 29 heavy (non-hydrogen) atoms. The van der Waals surface area contributed by atoms with Crippen molar-refractivity contribution in [2.24, 2.45) is 0 Å². The van der Waals surface area contributed by atoms with E-state index in [0.717, 1.165) is 12.8 Å². The lowest BCUT2D eigenvalue weighted by molar-refractivity contribution is -0.153. The highest BCUT2D eigenvalue weighted by atomic mass is 19.4. The molecule has 1 amide bonds. The van der Waals surface area contributed by atoms with Crippen LogP contribution in [0.4, 0.5) is 24.8 Å². The Morgan fingerprint density at radius 1 is 1.28 bits per heavy atom. The Morgan fingerprint density at radius 2 is 2.00 bits per heavy atom. The van der Waals surface area contributed by atoms with Gasteiger partial charge in [0.15, 0.2) is 5.69 Å². The van der Waals surface area contributed by atoms with Crippen LogP contribution >= 0.6 is 0 Å². The van der Waals surface area contributed by atoms with Crippen LogP contribution in [0.25, 0.3) is 5.57 Å². The first-order chi connectivity index (χ1) is 13.8. The highest BCUT2D eigenvalue weighted by Crippen LogP contribution is 2.35. The lowest BCUT2D eigenvalue weighted by Gasteiger charge is -2.15. The molecule has 10 heteroatoms. The summed E-state index contributed by atoms with van der Waals surface area (Å²) >= 11 is 0. The van der Waals surface area contributed by atoms with E-state index in [1.165, 1.54) is 30.6 Å². The smallest absolute Gasteiger partial charge is 0.431 e. The third-order valence-corrected chi connectivity index (χ3v) is 4.31. The fraction of sp³-hybridized carbons (Fsp3) is 0.263. The van der Waals surface area contributed by atoms with Gasteiger partial charge in [0.25, 0.3) is 5.91 Å². The average molecular weight is 401 g/mol. The zero-order valence-corrected chi connectivity index (χ0v) is 15.1. The van der Waals surface area contributed by atoms with Crippen LogP contribution in [0.15, 0.2) is 46.5 Å². The van der Waals surface area contributed by atoms with Crippen LogP contribution in [0, 0.1) is 0 Å². The van der Waals surface area contributed by atoms with Crippen molar-refractivity contribution in [2.45, 2.75) is 25.1 Å². The summed E-state index contributed by atoms with van der Waals surface area (Å²) < 4.78 is 44.9. The van der Waals surface area contributed by atoms with E-state index in [0.29, 0.717) is 12.0 Å². The van der Waals surface area contributed by atoms with Crippen molar-refractivity contribution in [3.8, 4) is 0 Å². The summed E-state index contributed by atoms with van der Waals surface area (Å²) in [6, 6.07) is 0.395. The third kappa shape index (κ3) is 3.99. The maximum absolute atomic E-state index is 13.3. The molecule has 0 bridgehead atoms. The van der Waals surface area contributed by atoms with E-state index in [1.54, 1.807) is 0 Å².